The number of anilines is 2. The van der Waals surface area contributed by atoms with Crippen molar-refractivity contribution in [3.05, 3.63) is 54.1 Å². The van der Waals surface area contributed by atoms with Crippen molar-refractivity contribution in [3.63, 3.8) is 0 Å². The van der Waals surface area contributed by atoms with Gasteiger partial charge in [0.25, 0.3) is 5.91 Å². The molecule has 0 aromatic heterocycles. The average molecular weight is 396 g/mol. The van der Waals surface area contributed by atoms with Crippen LogP contribution in [0.3, 0.4) is 0 Å². The van der Waals surface area contributed by atoms with Crippen molar-refractivity contribution >= 4 is 23.2 Å². The molecule has 0 saturated carbocycles. The van der Waals surface area contributed by atoms with Crippen molar-refractivity contribution in [1.82, 2.24) is 4.90 Å². The van der Waals surface area contributed by atoms with Crippen LogP contribution in [-0.4, -0.2) is 49.5 Å². The van der Waals surface area contributed by atoms with Crippen LogP contribution in [0.1, 0.15) is 32.3 Å². The highest BCUT2D eigenvalue weighted by atomic mass is 16.5. The maximum absolute atomic E-state index is 12.2. The van der Waals surface area contributed by atoms with Gasteiger partial charge < -0.3 is 19.9 Å². The zero-order chi connectivity index (χ0) is 20.8. The SMILES string of the molecule is CC(=O)N1CCN(c2ccc(OCC(=O)Nc3cccc(C(C)C)c3)cc2)CC1. The van der Waals surface area contributed by atoms with Gasteiger partial charge >= 0.3 is 0 Å². The second kappa shape index (κ2) is 9.45. The molecule has 6 nitrogen and oxygen atoms in total. The largest absolute Gasteiger partial charge is 0.484 e. The summed E-state index contributed by atoms with van der Waals surface area (Å²) in [6.07, 6.45) is 0. The van der Waals surface area contributed by atoms with Crippen LogP contribution in [0.2, 0.25) is 0 Å². The molecule has 0 spiro atoms. The molecule has 154 valence electrons. The molecule has 1 fully saturated rings. The maximum Gasteiger partial charge on any atom is 0.262 e. The first-order valence-electron chi connectivity index (χ1n) is 10.1. The fourth-order valence-electron chi connectivity index (χ4n) is 3.35. The number of carbonyl (C=O) groups excluding carboxylic acids is 2. The van der Waals surface area contributed by atoms with E-state index in [0.717, 1.165) is 37.6 Å². The summed E-state index contributed by atoms with van der Waals surface area (Å²) in [4.78, 5) is 27.7. The molecule has 1 N–H and O–H groups in total. The Bertz CT molecular complexity index is 841. The average Bonchev–Trinajstić information content (AvgIpc) is 2.73. The van der Waals surface area contributed by atoms with Gasteiger partial charge in [-0.15, -0.1) is 0 Å². The van der Waals surface area contributed by atoms with E-state index < -0.39 is 0 Å². The second-order valence-corrected chi connectivity index (χ2v) is 7.60. The summed E-state index contributed by atoms with van der Waals surface area (Å²) in [7, 11) is 0. The zero-order valence-corrected chi connectivity index (χ0v) is 17.4. The molecule has 2 aromatic carbocycles. The van der Waals surface area contributed by atoms with Crippen molar-refractivity contribution in [2.24, 2.45) is 0 Å². The van der Waals surface area contributed by atoms with E-state index in [0.29, 0.717) is 11.7 Å². The Labute approximate surface area is 172 Å². The minimum atomic E-state index is -0.185. The molecule has 0 atom stereocenters. The van der Waals surface area contributed by atoms with E-state index in [1.165, 1.54) is 5.56 Å². The quantitative estimate of drug-likeness (QED) is 0.813. The summed E-state index contributed by atoms with van der Waals surface area (Å²) >= 11 is 0. The number of amides is 2. The van der Waals surface area contributed by atoms with Gasteiger partial charge in [-0.2, -0.15) is 0 Å². The van der Waals surface area contributed by atoms with Crippen molar-refractivity contribution in [3.8, 4) is 5.75 Å². The second-order valence-electron chi connectivity index (χ2n) is 7.60. The Morgan fingerprint density at radius 2 is 1.72 bits per heavy atom. The van der Waals surface area contributed by atoms with E-state index in [1.807, 2.05) is 47.4 Å². The Balaban J connectivity index is 1.48. The number of rotatable bonds is 6. The van der Waals surface area contributed by atoms with Gasteiger partial charge in [0, 0.05) is 44.5 Å². The first-order chi connectivity index (χ1) is 13.9. The Hall–Kier alpha value is -3.02. The lowest BCUT2D eigenvalue weighted by atomic mass is 10.0. The smallest absolute Gasteiger partial charge is 0.262 e. The number of piperazine rings is 1. The minimum absolute atomic E-state index is 0.0391. The molecule has 1 aliphatic rings. The Morgan fingerprint density at radius 3 is 2.34 bits per heavy atom. The minimum Gasteiger partial charge on any atom is -0.484 e. The van der Waals surface area contributed by atoms with E-state index in [-0.39, 0.29) is 18.4 Å². The lowest BCUT2D eigenvalue weighted by Crippen LogP contribution is -2.48. The number of carbonyl (C=O) groups is 2. The van der Waals surface area contributed by atoms with E-state index in [4.69, 9.17) is 4.74 Å². The summed E-state index contributed by atoms with van der Waals surface area (Å²) in [6.45, 7) is 8.93. The van der Waals surface area contributed by atoms with Crippen LogP contribution in [0.4, 0.5) is 11.4 Å². The lowest BCUT2D eigenvalue weighted by molar-refractivity contribution is -0.129. The molecule has 0 unspecified atom stereocenters. The fraction of sp³-hybridized carbons (Fsp3) is 0.391. The van der Waals surface area contributed by atoms with Gasteiger partial charge in [-0.25, -0.2) is 0 Å². The van der Waals surface area contributed by atoms with Gasteiger partial charge in [0.15, 0.2) is 6.61 Å². The third-order valence-electron chi connectivity index (χ3n) is 5.13. The monoisotopic (exact) mass is 395 g/mol. The summed E-state index contributed by atoms with van der Waals surface area (Å²) in [5.41, 5.74) is 3.06. The molecule has 29 heavy (non-hydrogen) atoms. The van der Waals surface area contributed by atoms with Gasteiger partial charge in [-0.3, -0.25) is 9.59 Å². The van der Waals surface area contributed by atoms with Crippen LogP contribution < -0.4 is 15.0 Å². The molecule has 0 radical (unpaired) electrons. The predicted octanol–water partition coefficient (Wildman–Crippen LogP) is 3.50. The number of ether oxygens (including phenoxy) is 1. The van der Waals surface area contributed by atoms with Crippen LogP contribution >= 0.6 is 0 Å². The van der Waals surface area contributed by atoms with E-state index in [2.05, 4.69) is 30.1 Å². The normalized spacial score (nSPS) is 14.1. The van der Waals surface area contributed by atoms with Crippen molar-refractivity contribution in [2.45, 2.75) is 26.7 Å². The molecule has 1 aliphatic heterocycles. The van der Waals surface area contributed by atoms with E-state index in [9.17, 15) is 9.59 Å². The summed E-state index contributed by atoms with van der Waals surface area (Å²) in [6, 6.07) is 15.6. The first kappa shape index (κ1) is 20.7. The first-order valence-corrected chi connectivity index (χ1v) is 10.1. The molecule has 6 heteroatoms. The van der Waals surface area contributed by atoms with Crippen LogP contribution in [0.5, 0.6) is 5.75 Å². The highest BCUT2D eigenvalue weighted by Crippen LogP contribution is 2.21. The number of benzene rings is 2. The molecular formula is C23H29N3O3. The van der Waals surface area contributed by atoms with Gasteiger partial charge in [0.05, 0.1) is 0 Å². The van der Waals surface area contributed by atoms with E-state index in [1.54, 1.807) is 6.92 Å². The summed E-state index contributed by atoms with van der Waals surface area (Å²) in [5, 5.41) is 2.88. The van der Waals surface area contributed by atoms with Crippen LogP contribution in [0, 0.1) is 0 Å². The predicted molar refractivity (Wildman–Crippen MR) is 116 cm³/mol. The zero-order valence-electron chi connectivity index (χ0n) is 17.4. The van der Waals surface area contributed by atoms with Crippen molar-refractivity contribution in [2.75, 3.05) is 43.0 Å². The van der Waals surface area contributed by atoms with Crippen LogP contribution in [0.25, 0.3) is 0 Å². The van der Waals surface area contributed by atoms with E-state index >= 15 is 0 Å². The highest BCUT2D eigenvalue weighted by molar-refractivity contribution is 5.92. The molecule has 3 rings (SSSR count). The molecular weight excluding hydrogens is 366 g/mol. The molecule has 0 aliphatic carbocycles. The molecule has 1 saturated heterocycles. The number of nitrogens with one attached hydrogen (secondary N) is 1. The van der Waals surface area contributed by atoms with Gasteiger partial charge in [-0.1, -0.05) is 26.0 Å². The third kappa shape index (κ3) is 5.73. The number of hydrogen-bond acceptors (Lipinski definition) is 4. The van der Waals surface area contributed by atoms with Crippen LogP contribution in [-0.2, 0) is 9.59 Å². The molecule has 2 amide bonds. The Kier molecular flexibility index (Phi) is 6.75. The third-order valence-corrected chi connectivity index (χ3v) is 5.13. The fourth-order valence-corrected chi connectivity index (χ4v) is 3.35. The number of nitrogens with zero attached hydrogens (tertiary/aromatic N) is 2. The number of hydrogen-bond donors (Lipinski definition) is 1. The van der Waals surface area contributed by atoms with Gasteiger partial charge in [0.1, 0.15) is 5.75 Å². The van der Waals surface area contributed by atoms with Crippen LogP contribution in [0.15, 0.2) is 48.5 Å². The molecule has 0 bridgehead atoms. The maximum atomic E-state index is 12.2. The topological polar surface area (TPSA) is 61.9 Å². The standard InChI is InChI=1S/C23H29N3O3/c1-17(2)19-5-4-6-20(15-19)24-23(28)16-29-22-9-7-21(8-10-22)26-13-11-25(12-14-26)18(3)27/h4-10,15,17H,11-14,16H2,1-3H3,(H,24,28). The molecule has 2 aromatic rings. The lowest BCUT2D eigenvalue weighted by Gasteiger charge is -2.35. The summed E-state index contributed by atoms with van der Waals surface area (Å²) < 4.78 is 5.63. The highest BCUT2D eigenvalue weighted by Gasteiger charge is 2.18. The molecule has 1 heterocycles. The summed E-state index contributed by atoms with van der Waals surface area (Å²) in [5.74, 6) is 1.01. The van der Waals surface area contributed by atoms with Crippen molar-refractivity contribution < 1.29 is 14.3 Å². The van der Waals surface area contributed by atoms with Gasteiger partial charge in [-0.05, 0) is 47.9 Å². The van der Waals surface area contributed by atoms with Gasteiger partial charge in [0.2, 0.25) is 5.91 Å². The van der Waals surface area contributed by atoms with Crippen molar-refractivity contribution in [1.29, 1.82) is 0 Å². The Morgan fingerprint density at radius 1 is 1.03 bits per heavy atom.